The monoisotopic (exact) mass is 354 g/mol. The number of nitrogens with two attached hydrogens (primary N) is 1. The van der Waals surface area contributed by atoms with Crippen LogP contribution >= 0.6 is 12.6 Å². The molecule has 0 aliphatic carbocycles. The highest BCUT2D eigenvalue weighted by atomic mass is 32.1. The molecule has 0 saturated heterocycles. The minimum atomic E-state index is 0.177. The summed E-state index contributed by atoms with van der Waals surface area (Å²) >= 11 is 4.27. The first-order valence-corrected chi connectivity index (χ1v) is 8.52. The lowest BCUT2D eigenvalue weighted by atomic mass is 10.0. The van der Waals surface area contributed by atoms with Crippen molar-refractivity contribution in [3.05, 3.63) is 70.5 Å². The molecule has 0 aliphatic heterocycles. The van der Waals surface area contributed by atoms with Gasteiger partial charge in [0.05, 0.1) is 7.11 Å². The second-order valence-electron chi connectivity index (χ2n) is 5.92. The van der Waals surface area contributed by atoms with E-state index in [4.69, 9.17) is 16.2 Å². The number of nitrogens with one attached hydrogen (secondary N) is 1. The van der Waals surface area contributed by atoms with Crippen molar-refractivity contribution in [1.82, 2.24) is 0 Å². The Kier molecular flexibility index (Phi) is 6.53. The van der Waals surface area contributed by atoms with Crippen LogP contribution in [0.25, 0.3) is 11.4 Å². The molecule has 25 heavy (non-hydrogen) atoms. The van der Waals surface area contributed by atoms with E-state index >= 15 is 0 Å². The van der Waals surface area contributed by atoms with Crippen LogP contribution in [0, 0.1) is 13.8 Å². The molecule has 0 spiro atoms. The van der Waals surface area contributed by atoms with E-state index in [-0.39, 0.29) is 5.84 Å². The third kappa shape index (κ3) is 5.29. The molecule has 0 heterocycles. The van der Waals surface area contributed by atoms with Crippen LogP contribution in [0.3, 0.4) is 0 Å². The quantitative estimate of drug-likeness (QED) is 0.452. The molecule has 0 fully saturated rings. The highest BCUT2D eigenvalue weighted by molar-refractivity contribution is 7.80. The van der Waals surface area contributed by atoms with Gasteiger partial charge in [0.2, 0.25) is 0 Å². The maximum atomic E-state index is 8.01. The van der Waals surface area contributed by atoms with Crippen molar-refractivity contribution in [2.24, 2.45) is 10.7 Å². The van der Waals surface area contributed by atoms with Crippen molar-refractivity contribution in [2.75, 3.05) is 13.7 Å². The number of aryl methyl sites for hydroxylation is 2. The van der Waals surface area contributed by atoms with Crippen LogP contribution in [-0.4, -0.2) is 19.5 Å². The van der Waals surface area contributed by atoms with Crippen molar-refractivity contribution in [3.8, 4) is 5.75 Å². The van der Waals surface area contributed by atoms with Gasteiger partial charge in [-0.2, -0.15) is 0 Å². The van der Waals surface area contributed by atoms with Gasteiger partial charge in [0.1, 0.15) is 5.75 Å². The Morgan fingerprint density at radius 2 is 1.88 bits per heavy atom. The van der Waals surface area contributed by atoms with Gasteiger partial charge in [0.15, 0.2) is 0 Å². The molecule has 2 rings (SSSR count). The summed E-state index contributed by atoms with van der Waals surface area (Å²) in [5.74, 6) is 1.01. The van der Waals surface area contributed by atoms with Crippen LogP contribution in [0.5, 0.6) is 5.75 Å². The van der Waals surface area contributed by atoms with E-state index in [9.17, 15) is 0 Å². The van der Waals surface area contributed by atoms with Gasteiger partial charge in [-0.05, 0) is 73.8 Å². The van der Waals surface area contributed by atoms with Gasteiger partial charge in [-0.25, -0.2) is 0 Å². The summed E-state index contributed by atoms with van der Waals surface area (Å²) in [5.41, 5.74) is 18.8. The van der Waals surface area contributed by atoms with Crippen molar-refractivity contribution in [1.29, 1.82) is 0 Å². The van der Waals surface area contributed by atoms with Crippen molar-refractivity contribution in [3.63, 3.8) is 0 Å². The standard InChI is InChI=1S/C20H24N3OS/c1-13-11-19(24-3)14(2)10-17(13)18(21)12-20(22)23-9-8-15-4-6-16(25)7-5-15/h4-7,10-12H,8-9H2,1-3H3,(H4-,21,22,23,25)/q-1. The second kappa shape index (κ2) is 8.62. The van der Waals surface area contributed by atoms with Crippen LogP contribution in [-0.2, 0) is 6.42 Å². The number of amidine groups is 1. The summed E-state index contributed by atoms with van der Waals surface area (Å²) in [6.07, 6.45) is 2.38. The van der Waals surface area contributed by atoms with E-state index in [0.29, 0.717) is 12.2 Å². The van der Waals surface area contributed by atoms with Crippen LogP contribution in [0.2, 0.25) is 0 Å². The average molecular weight is 354 g/mol. The molecule has 132 valence electrons. The molecule has 0 bridgehead atoms. The highest BCUT2D eigenvalue weighted by Gasteiger charge is 2.06. The molecule has 5 heteroatoms. The molecule has 4 nitrogen and oxygen atoms in total. The summed E-state index contributed by atoms with van der Waals surface area (Å²) in [6.45, 7) is 4.50. The molecular weight excluding hydrogens is 330 g/mol. The Morgan fingerprint density at radius 3 is 2.52 bits per heavy atom. The van der Waals surface area contributed by atoms with Gasteiger partial charge in [-0.15, -0.1) is 12.6 Å². The number of aliphatic imine (C=N–C) groups is 1. The highest BCUT2D eigenvalue weighted by Crippen LogP contribution is 2.25. The smallest absolute Gasteiger partial charge is 0.122 e. The summed E-state index contributed by atoms with van der Waals surface area (Å²) in [6, 6.07) is 11.9. The van der Waals surface area contributed by atoms with Crippen LogP contribution in [0.4, 0.5) is 0 Å². The van der Waals surface area contributed by atoms with E-state index in [2.05, 4.69) is 17.6 Å². The van der Waals surface area contributed by atoms with Gasteiger partial charge in [0.25, 0.3) is 0 Å². The number of hydrogen-bond acceptors (Lipinski definition) is 4. The first-order valence-electron chi connectivity index (χ1n) is 8.07. The third-order valence-electron chi connectivity index (χ3n) is 3.96. The Bertz CT molecular complexity index is 795. The van der Waals surface area contributed by atoms with E-state index in [1.165, 1.54) is 5.56 Å². The van der Waals surface area contributed by atoms with Crippen LogP contribution in [0.15, 0.2) is 52.4 Å². The van der Waals surface area contributed by atoms with Gasteiger partial charge < -0.3 is 21.2 Å². The average Bonchev–Trinajstić information content (AvgIpc) is 2.58. The van der Waals surface area contributed by atoms with Crippen LogP contribution < -0.4 is 10.5 Å². The fourth-order valence-electron chi connectivity index (χ4n) is 2.56. The van der Waals surface area contributed by atoms with Gasteiger partial charge >= 0.3 is 0 Å². The first-order chi connectivity index (χ1) is 11.9. The Hall–Kier alpha value is -2.40. The predicted octanol–water partition coefficient (Wildman–Crippen LogP) is 4.59. The maximum absolute atomic E-state index is 8.01. The number of hydrogen-bond donors (Lipinski definition) is 2. The Morgan fingerprint density at radius 1 is 1.20 bits per heavy atom. The van der Waals surface area contributed by atoms with Crippen molar-refractivity contribution < 1.29 is 4.74 Å². The zero-order valence-electron chi connectivity index (χ0n) is 14.8. The number of thiol groups is 1. The SMILES string of the molecule is COc1cc(C)c(/C(N)=C/C([NH-])=NCCc2ccc(S)cc2)cc1C. The molecule has 0 atom stereocenters. The molecule has 0 unspecified atom stereocenters. The summed E-state index contributed by atoms with van der Waals surface area (Å²) < 4.78 is 5.32. The maximum Gasteiger partial charge on any atom is 0.122 e. The molecular formula is C20H24N3OS-. The lowest BCUT2D eigenvalue weighted by Gasteiger charge is -2.13. The predicted molar refractivity (Wildman–Crippen MR) is 109 cm³/mol. The van der Waals surface area contributed by atoms with Crippen molar-refractivity contribution >= 4 is 24.2 Å². The van der Waals surface area contributed by atoms with Gasteiger partial charge in [-0.3, -0.25) is 0 Å². The second-order valence-corrected chi connectivity index (χ2v) is 6.44. The lowest BCUT2D eigenvalue weighted by molar-refractivity contribution is 0.411. The molecule has 0 aromatic heterocycles. The van der Waals surface area contributed by atoms with E-state index in [0.717, 1.165) is 33.8 Å². The molecule has 0 radical (unpaired) electrons. The Labute approximate surface area is 155 Å². The summed E-state index contributed by atoms with van der Waals surface area (Å²) in [7, 11) is 1.65. The Balaban J connectivity index is 2.07. The minimum Gasteiger partial charge on any atom is -0.496 e. The topological polar surface area (TPSA) is 71.4 Å². The largest absolute Gasteiger partial charge is 0.496 e. The van der Waals surface area contributed by atoms with E-state index in [1.807, 2.05) is 50.2 Å². The summed E-state index contributed by atoms with van der Waals surface area (Å²) in [5, 5.41) is 0. The fraction of sp³-hybridized carbons (Fsp3) is 0.250. The zero-order chi connectivity index (χ0) is 18.4. The van der Waals surface area contributed by atoms with Gasteiger partial charge in [0, 0.05) is 16.2 Å². The fourth-order valence-corrected chi connectivity index (χ4v) is 2.71. The molecule has 0 aliphatic rings. The van der Waals surface area contributed by atoms with Crippen LogP contribution in [0.1, 0.15) is 22.3 Å². The third-order valence-corrected chi connectivity index (χ3v) is 4.26. The number of nitrogens with zero attached hydrogens (tertiary/aromatic N) is 1. The molecule has 0 saturated carbocycles. The molecule has 2 aromatic rings. The lowest BCUT2D eigenvalue weighted by Crippen LogP contribution is -2.03. The number of benzene rings is 2. The number of ether oxygens (including phenoxy) is 1. The number of methoxy groups -OCH3 is 1. The normalized spacial score (nSPS) is 12.3. The molecule has 2 aromatic carbocycles. The van der Waals surface area contributed by atoms with E-state index < -0.39 is 0 Å². The molecule has 3 N–H and O–H groups in total. The van der Waals surface area contributed by atoms with Crippen molar-refractivity contribution in [2.45, 2.75) is 25.2 Å². The molecule has 0 amide bonds. The zero-order valence-corrected chi connectivity index (χ0v) is 15.7. The van der Waals surface area contributed by atoms with E-state index in [1.54, 1.807) is 13.2 Å². The minimum absolute atomic E-state index is 0.177. The first kappa shape index (κ1) is 18.9. The van der Waals surface area contributed by atoms with Gasteiger partial charge in [-0.1, -0.05) is 18.0 Å². The number of rotatable bonds is 6. The summed E-state index contributed by atoms with van der Waals surface area (Å²) in [4.78, 5) is 5.22.